The third-order valence-corrected chi connectivity index (χ3v) is 4.51. The molecule has 2 N–H and O–H groups in total. The molecule has 0 radical (unpaired) electrons. The summed E-state index contributed by atoms with van der Waals surface area (Å²) in [7, 11) is 1.56. The van der Waals surface area contributed by atoms with Gasteiger partial charge in [0.25, 0.3) is 5.91 Å². The number of benzene rings is 1. The van der Waals surface area contributed by atoms with Gasteiger partial charge in [-0.3, -0.25) is 4.79 Å². The monoisotopic (exact) mass is 416 g/mol. The molecule has 0 fully saturated rings. The SMILES string of the molecule is COc1ccccc1C(C)NC(=O)COC(=O)c1[nH]c(C)c(C(=O)OC(C)C)c1C. The van der Waals surface area contributed by atoms with Crippen LogP contribution in [-0.2, 0) is 14.3 Å². The molecule has 0 aliphatic carbocycles. The molecule has 1 aromatic carbocycles. The number of nitrogens with one attached hydrogen (secondary N) is 2. The Balaban J connectivity index is 2.00. The number of esters is 2. The Kier molecular flexibility index (Phi) is 7.63. The topological polar surface area (TPSA) is 107 Å². The van der Waals surface area contributed by atoms with E-state index in [4.69, 9.17) is 14.2 Å². The van der Waals surface area contributed by atoms with Gasteiger partial charge in [-0.1, -0.05) is 18.2 Å². The number of rotatable bonds is 8. The number of hydrogen-bond donors (Lipinski definition) is 2. The standard InChI is InChI=1S/C22H28N2O6/c1-12(2)30-21(26)19-13(3)20(24-15(19)5)22(27)29-11-18(25)23-14(4)16-9-7-8-10-17(16)28-6/h7-10,12,14,24H,11H2,1-6H3,(H,23,25). The van der Waals surface area contributed by atoms with Crippen LogP contribution < -0.4 is 10.1 Å². The summed E-state index contributed by atoms with van der Waals surface area (Å²) in [5, 5.41) is 2.77. The van der Waals surface area contributed by atoms with Crippen molar-refractivity contribution in [2.24, 2.45) is 0 Å². The fraction of sp³-hybridized carbons (Fsp3) is 0.409. The lowest BCUT2D eigenvalue weighted by Crippen LogP contribution is -2.31. The minimum Gasteiger partial charge on any atom is -0.496 e. The van der Waals surface area contributed by atoms with E-state index >= 15 is 0 Å². The van der Waals surface area contributed by atoms with Crippen LogP contribution in [0.4, 0.5) is 0 Å². The fourth-order valence-corrected chi connectivity index (χ4v) is 3.12. The molecular weight excluding hydrogens is 388 g/mol. The zero-order valence-corrected chi connectivity index (χ0v) is 18.1. The number of H-pyrrole nitrogens is 1. The van der Waals surface area contributed by atoms with Gasteiger partial charge in [0.2, 0.25) is 0 Å². The summed E-state index contributed by atoms with van der Waals surface area (Å²) in [5.74, 6) is -1.04. The molecule has 162 valence electrons. The fourth-order valence-electron chi connectivity index (χ4n) is 3.12. The van der Waals surface area contributed by atoms with E-state index in [0.717, 1.165) is 5.56 Å². The maximum atomic E-state index is 12.4. The molecule has 0 bridgehead atoms. The van der Waals surface area contributed by atoms with Gasteiger partial charge in [0, 0.05) is 11.3 Å². The van der Waals surface area contributed by atoms with Gasteiger partial charge in [-0.25, -0.2) is 9.59 Å². The first-order valence-electron chi connectivity index (χ1n) is 9.65. The van der Waals surface area contributed by atoms with Crippen molar-refractivity contribution >= 4 is 17.8 Å². The normalized spacial score (nSPS) is 11.7. The van der Waals surface area contributed by atoms with Crippen molar-refractivity contribution in [1.82, 2.24) is 10.3 Å². The smallest absolute Gasteiger partial charge is 0.355 e. The molecule has 1 unspecified atom stereocenters. The van der Waals surface area contributed by atoms with E-state index in [2.05, 4.69) is 10.3 Å². The quantitative estimate of drug-likeness (QED) is 0.640. The van der Waals surface area contributed by atoms with Crippen LogP contribution in [0.5, 0.6) is 5.75 Å². The molecule has 1 atom stereocenters. The van der Waals surface area contributed by atoms with Crippen molar-refractivity contribution in [2.75, 3.05) is 13.7 Å². The van der Waals surface area contributed by atoms with Crippen LogP contribution in [0.1, 0.15) is 64.5 Å². The lowest BCUT2D eigenvalue weighted by molar-refractivity contribution is -0.124. The summed E-state index contributed by atoms with van der Waals surface area (Å²) < 4.78 is 15.6. The third kappa shape index (κ3) is 5.40. The van der Waals surface area contributed by atoms with Crippen LogP contribution in [0.2, 0.25) is 0 Å². The van der Waals surface area contributed by atoms with E-state index < -0.39 is 24.5 Å². The van der Waals surface area contributed by atoms with Crippen LogP contribution in [0.15, 0.2) is 24.3 Å². The second-order valence-corrected chi connectivity index (χ2v) is 7.19. The summed E-state index contributed by atoms with van der Waals surface area (Å²) >= 11 is 0. The zero-order chi connectivity index (χ0) is 22.4. The second kappa shape index (κ2) is 9.96. The molecule has 30 heavy (non-hydrogen) atoms. The summed E-state index contributed by atoms with van der Waals surface area (Å²) in [4.78, 5) is 39.8. The highest BCUT2D eigenvalue weighted by Gasteiger charge is 2.25. The summed E-state index contributed by atoms with van der Waals surface area (Å²) in [6.07, 6.45) is -0.282. The van der Waals surface area contributed by atoms with Gasteiger partial charge >= 0.3 is 11.9 Å². The molecule has 0 aliphatic rings. The highest BCUT2D eigenvalue weighted by molar-refractivity contribution is 5.99. The van der Waals surface area contributed by atoms with E-state index in [1.165, 1.54) is 0 Å². The number of methoxy groups -OCH3 is 1. The minimum absolute atomic E-state index is 0.119. The van der Waals surface area contributed by atoms with E-state index in [1.54, 1.807) is 40.9 Å². The van der Waals surface area contributed by atoms with Gasteiger partial charge in [-0.05, 0) is 46.2 Å². The van der Waals surface area contributed by atoms with Crippen molar-refractivity contribution in [3.05, 3.63) is 52.3 Å². The molecule has 2 aromatic rings. The number of aromatic nitrogens is 1. The number of para-hydroxylation sites is 1. The largest absolute Gasteiger partial charge is 0.496 e. The van der Waals surface area contributed by atoms with Crippen LogP contribution in [-0.4, -0.2) is 42.7 Å². The van der Waals surface area contributed by atoms with Gasteiger partial charge in [0.05, 0.1) is 24.8 Å². The van der Waals surface area contributed by atoms with Crippen LogP contribution in [0.25, 0.3) is 0 Å². The predicted octanol–water partition coefficient (Wildman–Crippen LogP) is 3.24. The average molecular weight is 416 g/mol. The summed E-state index contributed by atoms with van der Waals surface area (Å²) in [6.45, 7) is 8.14. The molecule has 8 heteroatoms. The first-order valence-corrected chi connectivity index (χ1v) is 9.65. The maximum absolute atomic E-state index is 12.4. The number of carbonyl (C=O) groups is 3. The third-order valence-electron chi connectivity index (χ3n) is 4.51. The number of amides is 1. The summed E-state index contributed by atoms with van der Waals surface area (Å²) in [5.41, 5.74) is 2.15. The Hall–Kier alpha value is -3.29. The lowest BCUT2D eigenvalue weighted by Gasteiger charge is -2.17. The Morgan fingerprint density at radius 1 is 1.07 bits per heavy atom. The van der Waals surface area contributed by atoms with Crippen molar-refractivity contribution < 1.29 is 28.6 Å². The molecule has 1 heterocycles. The highest BCUT2D eigenvalue weighted by atomic mass is 16.5. The molecule has 1 amide bonds. The minimum atomic E-state index is -0.723. The second-order valence-electron chi connectivity index (χ2n) is 7.19. The molecule has 2 rings (SSSR count). The van der Waals surface area contributed by atoms with Gasteiger partial charge in [-0.15, -0.1) is 0 Å². The van der Waals surface area contributed by atoms with Gasteiger partial charge in [0.1, 0.15) is 11.4 Å². The van der Waals surface area contributed by atoms with Crippen LogP contribution in [0, 0.1) is 13.8 Å². The van der Waals surface area contributed by atoms with E-state index in [-0.39, 0.29) is 17.8 Å². The number of aryl methyl sites for hydroxylation is 1. The van der Waals surface area contributed by atoms with Crippen molar-refractivity contribution in [1.29, 1.82) is 0 Å². The lowest BCUT2D eigenvalue weighted by atomic mass is 10.1. The van der Waals surface area contributed by atoms with E-state index in [9.17, 15) is 14.4 Å². The molecule has 0 saturated carbocycles. The number of ether oxygens (including phenoxy) is 3. The molecule has 1 aromatic heterocycles. The van der Waals surface area contributed by atoms with Crippen molar-refractivity contribution in [2.45, 2.75) is 46.8 Å². The van der Waals surface area contributed by atoms with E-state index in [0.29, 0.717) is 22.6 Å². The maximum Gasteiger partial charge on any atom is 0.355 e. The van der Waals surface area contributed by atoms with Gasteiger partial charge in [-0.2, -0.15) is 0 Å². The van der Waals surface area contributed by atoms with Crippen molar-refractivity contribution in [3.63, 3.8) is 0 Å². The van der Waals surface area contributed by atoms with Crippen LogP contribution in [0.3, 0.4) is 0 Å². The summed E-state index contributed by atoms with van der Waals surface area (Å²) in [6, 6.07) is 7.00. The van der Waals surface area contributed by atoms with Gasteiger partial charge in [0.15, 0.2) is 6.61 Å². The van der Waals surface area contributed by atoms with Gasteiger partial charge < -0.3 is 24.5 Å². The average Bonchev–Trinajstić information content (AvgIpc) is 2.99. The molecule has 8 nitrogen and oxygen atoms in total. The molecule has 0 saturated heterocycles. The van der Waals surface area contributed by atoms with Crippen LogP contribution >= 0.6 is 0 Å². The number of carbonyl (C=O) groups excluding carboxylic acids is 3. The molecule has 0 spiro atoms. The predicted molar refractivity (Wildman–Crippen MR) is 111 cm³/mol. The Morgan fingerprint density at radius 2 is 1.73 bits per heavy atom. The Morgan fingerprint density at radius 3 is 2.37 bits per heavy atom. The number of aromatic amines is 1. The first kappa shape index (κ1) is 23.0. The van der Waals surface area contributed by atoms with E-state index in [1.807, 2.05) is 25.1 Å². The zero-order valence-electron chi connectivity index (χ0n) is 18.1. The Bertz CT molecular complexity index is 932. The molecular formula is C22H28N2O6. The number of hydrogen-bond acceptors (Lipinski definition) is 6. The van der Waals surface area contributed by atoms with Crippen molar-refractivity contribution in [3.8, 4) is 5.75 Å². The first-order chi connectivity index (χ1) is 14.1. The Labute approximate surface area is 175 Å². The molecule has 0 aliphatic heterocycles. The highest BCUT2D eigenvalue weighted by Crippen LogP contribution is 2.24.